The number of nitrogens with one attached hydrogen (secondary N) is 2. The molecule has 0 radical (unpaired) electrons. The number of hydrogen-bond acceptors (Lipinski definition) is 3. The number of carbonyl (C=O) groups is 2. The number of rotatable bonds is 6. The highest BCUT2D eigenvalue weighted by Crippen LogP contribution is 2.27. The van der Waals surface area contributed by atoms with E-state index >= 15 is 0 Å². The Balaban J connectivity index is 1.64. The predicted octanol–water partition coefficient (Wildman–Crippen LogP) is 5.81. The second kappa shape index (κ2) is 9.59. The summed E-state index contributed by atoms with van der Waals surface area (Å²) in [5, 5.41) is 5.46. The molecule has 3 aromatic rings. The maximum Gasteiger partial charge on any atom is 0.255 e. The Morgan fingerprint density at radius 3 is 2.37 bits per heavy atom. The molecule has 0 aromatic heterocycles. The summed E-state index contributed by atoms with van der Waals surface area (Å²) in [4.78, 5) is 25.8. The van der Waals surface area contributed by atoms with Gasteiger partial charge in [0.2, 0.25) is 5.91 Å². The molecule has 0 bridgehead atoms. The topological polar surface area (TPSA) is 58.2 Å². The van der Waals surface area contributed by atoms with Gasteiger partial charge in [-0.25, -0.2) is 4.39 Å². The number of anilines is 2. The van der Waals surface area contributed by atoms with Crippen molar-refractivity contribution in [3.63, 3.8) is 0 Å². The zero-order chi connectivity index (χ0) is 21.7. The number of hydrogen-bond donors (Lipinski definition) is 2. The Kier molecular flexibility index (Phi) is 6.90. The normalized spacial score (nSPS) is 11.6. The lowest BCUT2D eigenvalue weighted by Crippen LogP contribution is -2.23. The second-order valence-electron chi connectivity index (χ2n) is 6.99. The van der Waals surface area contributed by atoms with Gasteiger partial charge in [0, 0.05) is 21.8 Å². The van der Waals surface area contributed by atoms with E-state index in [1.807, 2.05) is 57.2 Å². The minimum atomic E-state index is -0.391. The Morgan fingerprint density at radius 2 is 1.63 bits per heavy atom. The van der Waals surface area contributed by atoms with Crippen molar-refractivity contribution < 1.29 is 14.0 Å². The van der Waals surface area contributed by atoms with Crippen molar-refractivity contribution in [2.24, 2.45) is 0 Å². The van der Waals surface area contributed by atoms with Crippen molar-refractivity contribution in [3.8, 4) is 0 Å². The van der Waals surface area contributed by atoms with Crippen LogP contribution in [-0.2, 0) is 4.79 Å². The highest BCUT2D eigenvalue weighted by atomic mass is 32.2. The van der Waals surface area contributed by atoms with E-state index in [0.717, 1.165) is 21.7 Å². The van der Waals surface area contributed by atoms with E-state index in [1.165, 1.54) is 36.0 Å². The van der Waals surface area contributed by atoms with E-state index in [4.69, 9.17) is 0 Å². The molecule has 3 rings (SSSR count). The smallest absolute Gasteiger partial charge is 0.255 e. The predicted molar refractivity (Wildman–Crippen MR) is 121 cm³/mol. The lowest BCUT2D eigenvalue weighted by molar-refractivity contribution is -0.115. The summed E-state index contributed by atoms with van der Waals surface area (Å²) in [5.74, 6) is -0.801. The quantitative estimate of drug-likeness (QED) is 0.493. The summed E-state index contributed by atoms with van der Waals surface area (Å²) in [7, 11) is 0. The van der Waals surface area contributed by atoms with Gasteiger partial charge in [-0.2, -0.15) is 0 Å². The summed E-state index contributed by atoms with van der Waals surface area (Å²) in [6.45, 7) is 5.83. The summed E-state index contributed by atoms with van der Waals surface area (Å²) in [6.07, 6.45) is 0. The third kappa shape index (κ3) is 5.48. The van der Waals surface area contributed by atoms with Gasteiger partial charge in [-0.05, 0) is 80.4 Å². The van der Waals surface area contributed by atoms with E-state index in [-0.39, 0.29) is 17.1 Å². The number of aryl methyl sites for hydroxylation is 1. The van der Waals surface area contributed by atoms with Crippen LogP contribution >= 0.6 is 11.8 Å². The van der Waals surface area contributed by atoms with Gasteiger partial charge in [0.15, 0.2) is 0 Å². The van der Waals surface area contributed by atoms with Crippen LogP contribution in [0.2, 0.25) is 0 Å². The standard InChI is InChI=1S/C24H23FN2O2S/c1-15-6-4-9-22(16(15)2)27-23(28)17(3)30-21-8-5-7-20(14-21)26-24(29)18-10-12-19(25)13-11-18/h4-14,17H,1-3H3,(H,26,29)(H,27,28). The van der Waals surface area contributed by atoms with Crippen LogP contribution in [-0.4, -0.2) is 17.1 Å². The maximum atomic E-state index is 13.0. The van der Waals surface area contributed by atoms with Crippen LogP contribution in [0.4, 0.5) is 15.8 Å². The van der Waals surface area contributed by atoms with Crippen molar-refractivity contribution in [1.29, 1.82) is 0 Å². The fourth-order valence-corrected chi connectivity index (χ4v) is 3.76. The minimum absolute atomic E-state index is 0.0885. The molecule has 30 heavy (non-hydrogen) atoms. The third-order valence-electron chi connectivity index (χ3n) is 4.74. The molecule has 0 aliphatic rings. The SMILES string of the molecule is Cc1cccc(NC(=O)C(C)Sc2cccc(NC(=O)c3ccc(F)cc3)c2)c1C. The van der Waals surface area contributed by atoms with Gasteiger partial charge in [0.05, 0.1) is 5.25 Å². The summed E-state index contributed by atoms with van der Waals surface area (Å²) in [5.41, 5.74) is 3.96. The molecule has 6 heteroatoms. The second-order valence-corrected chi connectivity index (χ2v) is 8.40. The van der Waals surface area contributed by atoms with Gasteiger partial charge in [0.1, 0.15) is 5.82 Å². The Morgan fingerprint density at radius 1 is 0.933 bits per heavy atom. The van der Waals surface area contributed by atoms with Crippen LogP contribution in [0.25, 0.3) is 0 Å². The van der Waals surface area contributed by atoms with Crippen molar-refractivity contribution in [1.82, 2.24) is 0 Å². The van der Waals surface area contributed by atoms with Crippen LogP contribution < -0.4 is 10.6 Å². The molecule has 0 saturated heterocycles. The number of benzene rings is 3. The number of halogens is 1. The Bertz CT molecular complexity index is 1070. The first-order chi connectivity index (χ1) is 14.3. The first-order valence-electron chi connectivity index (χ1n) is 9.54. The fourth-order valence-electron chi connectivity index (χ4n) is 2.83. The van der Waals surface area contributed by atoms with Crippen LogP contribution in [0.5, 0.6) is 0 Å². The molecule has 0 aliphatic carbocycles. The zero-order valence-electron chi connectivity index (χ0n) is 17.0. The minimum Gasteiger partial charge on any atom is -0.325 e. The average Bonchev–Trinajstić information content (AvgIpc) is 2.72. The van der Waals surface area contributed by atoms with E-state index in [0.29, 0.717) is 11.3 Å². The molecular weight excluding hydrogens is 399 g/mol. The molecule has 0 spiro atoms. The molecule has 2 N–H and O–H groups in total. The Hall–Kier alpha value is -3.12. The highest BCUT2D eigenvalue weighted by Gasteiger charge is 2.16. The van der Waals surface area contributed by atoms with Crippen molar-refractivity contribution in [3.05, 3.63) is 89.2 Å². The van der Waals surface area contributed by atoms with Gasteiger partial charge >= 0.3 is 0 Å². The lowest BCUT2D eigenvalue weighted by atomic mass is 10.1. The molecule has 4 nitrogen and oxygen atoms in total. The molecule has 1 unspecified atom stereocenters. The molecule has 0 aliphatic heterocycles. The van der Waals surface area contributed by atoms with E-state index in [2.05, 4.69) is 10.6 Å². The van der Waals surface area contributed by atoms with E-state index in [9.17, 15) is 14.0 Å². The number of amides is 2. The molecule has 0 heterocycles. The average molecular weight is 423 g/mol. The number of thioether (sulfide) groups is 1. The molecule has 3 aromatic carbocycles. The summed E-state index contributed by atoms with van der Waals surface area (Å²) < 4.78 is 13.0. The molecule has 2 amide bonds. The number of carbonyl (C=O) groups excluding carboxylic acids is 2. The van der Waals surface area contributed by atoms with Gasteiger partial charge in [-0.1, -0.05) is 18.2 Å². The van der Waals surface area contributed by atoms with Gasteiger partial charge < -0.3 is 10.6 Å². The van der Waals surface area contributed by atoms with Crippen molar-refractivity contribution in [2.45, 2.75) is 30.9 Å². The maximum absolute atomic E-state index is 13.0. The first-order valence-corrected chi connectivity index (χ1v) is 10.4. The Labute approximate surface area is 179 Å². The van der Waals surface area contributed by atoms with E-state index in [1.54, 1.807) is 6.07 Å². The summed E-state index contributed by atoms with van der Waals surface area (Å²) in [6, 6.07) is 18.5. The van der Waals surface area contributed by atoms with Crippen LogP contribution in [0.15, 0.2) is 71.6 Å². The highest BCUT2D eigenvalue weighted by molar-refractivity contribution is 8.00. The van der Waals surface area contributed by atoms with Gasteiger partial charge in [-0.3, -0.25) is 9.59 Å². The van der Waals surface area contributed by atoms with E-state index < -0.39 is 5.82 Å². The monoisotopic (exact) mass is 422 g/mol. The molecule has 1 atom stereocenters. The largest absolute Gasteiger partial charge is 0.325 e. The van der Waals surface area contributed by atoms with Crippen molar-refractivity contribution >= 4 is 35.0 Å². The van der Waals surface area contributed by atoms with Crippen LogP contribution in [0, 0.1) is 19.7 Å². The van der Waals surface area contributed by atoms with Crippen molar-refractivity contribution in [2.75, 3.05) is 10.6 Å². The molecule has 0 saturated carbocycles. The third-order valence-corrected chi connectivity index (χ3v) is 5.84. The lowest BCUT2D eigenvalue weighted by Gasteiger charge is -2.15. The van der Waals surface area contributed by atoms with Gasteiger partial charge in [0.25, 0.3) is 5.91 Å². The first kappa shape index (κ1) is 21.6. The van der Waals surface area contributed by atoms with Crippen LogP contribution in [0.3, 0.4) is 0 Å². The molecular formula is C24H23FN2O2S. The van der Waals surface area contributed by atoms with Gasteiger partial charge in [-0.15, -0.1) is 11.8 Å². The molecule has 0 fully saturated rings. The van der Waals surface area contributed by atoms with Crippen LogP contribution in [0.1, 0.15) is 28.4 Å². The molecule has 154 valence electrons. The fraction of sp³-hybridized carbons (Fsp3) is 0.167. The summed E-state index contributed by atoms with van der Waals surface area (Å²) >= 11 is 1.41. The zero-order valence-corrected chi connectivity index (χ0v) is 17.8.